The molecule has 1 aliphatic heterocycles. The van der Waals surface area contributed by atoms with E-state index < -0.39 is 28.4 Å². The number of non-ortho nitro benzene ring substituents is 1. The molecular weight excluding hydrogens is 264 g/mol. The second-order valence-electron chi connectivity index (χ2n) is 4.49. The van der Waals surface area contributed by atoms with Crippen molar-refractivity contribution in [3.05, 3.63) is 51.3 Å². The van der Waals surface area contributed by atoms with Gasteiger partial charge in [0.15, 0.2) is 11.5 Å². The molecule has 1 amide bonds. The molecule has 1 aliphatic rings. The van der Waals surface area contributed by atoms with E-state index in [1.807, 2.05) is 0 Å². The number of carbonyl (C=O) groups excluding carboxylic acids is 2. The smallest absolute Gasteiger partial charge is 0.289 e. The topological polar surface area (TPSA) is 101 Å². The Morgan fingerprint density at radius 3 is 2.65 bits per heavy atom. The molecule has 7 nitrogen and oxygen atoms in total. The molecule has 1 aromatic carbocycles. The maximum absolute atomic E-state index is 11.8. The third-order valence-corrected chi connectivity index (χ3v) is 3.21. The average molecular weight is 276 g/mol. The molecule has 7 heteroatoms. The summed E-state index contributed by atoms with van der Waals surface area (Å²) in [6.45, 7) is 1.24. The minimum Gasteiger partial charge on any atom is -0.503 e. The lowest BCUT2D eigenvalue weighted by atomic mass is 9.97. The first-order valence-corrected chi connectivity index (χ1v) is 5.80. The van der Waals surface area contributed by atoms with Gasteiger partial charge in [-0.1, -0.05) is 12.1 Å². The standard InChI is InChI=1S/C13H12N2O5/c1-7(16)10-11(14(2)13(18)12(10)17)8-4-3-5-9(6-8)15(19)20/h3-6,11,17H,1-2H3. The van der Waals surface area contributed by atoms with Crippen LogP contribution < -0.4 is 0 Å². The predicted molar refractivity (Wildman–Crippen MR) is 68.9 cm³/mol. The Balaban J connectivity index is 2.56. The predicted octanol–water partition coefficient (Wildman–Crippen LogP) is 1.51. The first-order valence-electron chi connectivity index (χ1n) is 5.80. The van der Waals surface area contributed by atoms with E-state index in [0.29, 0.717) is 5.56 Å². The van der Waals surface area contributed by atoms with Crippen LogP contribution in [0, 0.1) is 10.1 Å². The number of amides is 1. The lowest BCUT2D eigenvalue weighted by Gasteiger charge is -2.21. The molecule has 0 fully saturated rings. The van der Waals surface area contributed by atoms with Gasteiger partial charge in [0, 0.05) is 19.2 Å². The maximum Gasteiger partial charge on any atom is 0.289 e. The van der Waals surface area contributed by atoms with Crippen molar-refractivity contribution >= 4 is 17.4 Å². The van der Waals surface area contributed by atoms with Crippen LogP contribution in [0.5, 0.6) is 0 Å². The second-order valence-corrected chi connectivity index (χ2v) is 4.49. The minimum absolute atomic E-state index is 0.0435. The quantitative estimate of drug-likeness (QED) is 0.666. The fraction of sp³-hybridized carbons (Fsp3) is 0.231. The van der Waals surface area contributed by atoms with Crippen molar-refractivity contribution in [2.75, 3.05) is 7.05 Å². The molecular formula is C13H12N2O5. The maximum atomic E-state index is 11.8. The van der Waals surface area contributed by atoms with Crippen LogP contribution in [0.2, 0.25) is 0 Å². The third kappa shape index (κ3) is 2.03. The number of carbonyl (C=O) groups is 2. The molecule has 0 aromatic heterocycles. The summed E-state index contributed by atoms with van der Waals surface area (Å²) in [5, 5.41) is 20.5. The molecule has 1 unspecified atom stereocenters. The van der Waals surface area contributed by atoms with Crippen molar-refractivity contribution in [1.82, 2.24) is 4.90 Å². The number of nitro groups is 1. The summed E-state index contributed by atoms with van der Waals surface area (Å²) in [6, 6.07) is 4.84. The molecule has 104 valence electrons. The van der Waals surface area contributed by atoms with Crippen molar-refractivity contribution in [3.8, 4) is 0 Å². The minimum atomic E-state index is -0.806. The molecule has 0 aliphatic carbocycles. The summed E-state index contributed by atoms with van der Waals surface area (Å²) < 4.78 is 0. The summed E-state index contributed by atoms with van der Waals surface area (Å²) in [6.07, 6.45) is 0. The monoisotopic (exact) mass is 276 g/mol. The second kappa shape index (κ2) is 4.76. The van der Waals surface area contributed by atoms with Gasteiger partial charge in [-0.2, -0.15) is 0 Å². The Hall–Kier alpha value is -2.70. The van der Waals surface area contributed by atoms with Gasteiger partial charge in [-0.25, -0.2) is 0 Å². The largest absolute Gasteiger partial charge is 0.503 e. The van der Waals surface area contributed by atoms with Gasteiger partial charge in [0.25, 0.3) is 11.6 Å². The van der Waals surface area contributed by atoms with E-state index in [2.05, 4.69) is 0 Å². The van der Waals surface area contributed by atoms with Gasteiger partial charge in [0.2, 0.25) is 0 Å². The van der Waals surface area contributed by atoms with Crippen LogP contribution in [0.4, 0.5) is 5.69 Å². The van der Waals surface area contributed by atoms with Crippen molar-refractivity contribution < 1.29 is 19.6 Å². The van der Waals surface area contributed by atoms with Crippen molar-refractivity contribution in [1.29, 1.82) is 0 Å². The number of aliphatic hydroxyl groups is 1. The highest BCUT2D eigenvalue weighted by Crippen LogP contribution is 2.37. The Kier molecular flexibility index (Phi) is 3.27. The lowest BCUT2D eigenvalue weighted by molar-refractivity contribution is -0.384. The number of hydrogen-bond donors (Lipinski definition) is 1. The molecule has 0 saturated carbocycles. The van der Waals surface area contributed by atoms with E-state index in [-0.39, 0.29) is 11.3 Å². The number of benzene rings is 1. The van der Waals surface area contributed by atoms with Crippen LogP contribution in [0.3, 0.4) is 0 Å². The molecule has 1 N–H and O–H groups in total. The molecule has 20 heavy (non-hydrogen) atoms. The number of Topliss-reactive ketones (excluding diaryl/α,β-unsaturated/α-hetero) is 1. The Bertz CT molecular complexity index is 650. The van der Waals surface area contributed by atoms with Crippen molar-refractivity contribution in [2.24, 2.45) is 0 Å². The fourth-order valence-electron chi connectivity index (χ4n) is 2.28. The zero-order valence-electron chi connectivity index (χ0n) is 10.9. The van der Waals surface area contributed by atoms with Gasteiger partial charge < -0.3 is 10.0 Å². The number of nitro benzene ring substituents is 1. The molecule has 2 rings (SSSR count). The normalized spacial score (nSPS) is 18.6. The number of rotatable bonds is 3. The summed E-state index contributed by atoms with van der Waals surface area (Å²) >= 11 is 0. The molecule has 0 spiro atoms. The van der Waals surface area contributed by atoms with Crippen LogP contribution in [0.1, 0.15) is 18.5 Å². The number of nitrogens with zero attached hydrogens (tertiary/aromatic N) is 2. The molecule has 1 atom stereocenters. The van der Waals surface area contributed by atoms with Gasteiger partial charge in [0.05, 0.1) is 16.5 Å². The Morgan fingerprint density at radius 2 is 2.10 bits per heavy atom. The highest BCUT2D eigenvalue weighted by Gasteiger charge is 2.40. The average Bonchev–Trinajstić information content (AvgIpc) is 2.63. The highest BCUT2D eigenvalue weighted by molar-refractivity contribution is 6.07. The summed E-state index contributed by atoms with van der Waals surface area (Å²) in [5.74, 6) is -1.72. The van der Waals surface area contributed by atoms with Gasteiger partial charge in [-0.3, -0.25) is 19.7 Å². The van der Waals surface area contributed by atoms with Crippen LogP contribution in [-0.2, 0) is 9.59 Å². The first kappa shape index (κ1) is 13.7. The molecule has 0 saturated heterocycles. The summed E-state index contributed by atoms with van der Waals surface area (Å²) in [7, 11) is 1.43. The van der Waals surface area contributed by atoms with Crippen molar-refractivity contribution in [3.63, 3.8) is 0 Å². The van der Waals surface area contributed by atoms with Crippen LogP contribution in [0.25, 0.3) is 0 Å². The van der Waals surface area contributed by atoms with Gasteiger partial charge >= 0.3 is 0 Å². The van der Waals surface area contributed by atoms with Crippen LogP contribution >= 0.6 is 0 Å². The van der Waals surface area contributed by atoms with E-state index >= 15 is 0 Å². The van der Waals surface area contributed by atoms with Gasteiger partial charge in [0.1, 0.15) is 0 Å². The first-order chi connectivity index (χ1) is 9.34. The highest BCUT2D eigenvalue weighted by atomic mass is 16.6. The van der Waals surface area contributed by atoms with E-state index in [4.69, 9.17) is 0 Å². The number of likely N-dealkylation sites (N-methyl/N-ethyl adjacent to an activating group) is 1. The Morgan fingerprint density at radius 1 is 1.45 bits per heavy atom. The van der Waals surface area contributed by atoms with E-state index in [1.165, 1.54) is 37.1 Å². The van der Waals surface area contributed by atoms with Gasteiger partial charge in [-0.05, 0) is 12.5 Å². The number of hydrogen-bond acceptors (Lipinski definition) is 5. The molecule has 0 radical (unpaired) electrons. The van der Waals surface area contributed by atoms with Crippen LogP contribution in [-0.4, -0.2) is 33.7 Å². The van der Waals surface area contributed by atoms with Gasteiger partial charge in [-0.15, -0.1) is 0 Å². The van der Waals surface area contributed by atoms with Crippen LogP contribution in [0.15, 0.2) is 35.6 Å². The van der Waals surface area contributed by atoms with E-state index in [0.717, 1.165) is 0 Å². The summed E-state index contributed by atoms with van der Waals surface area (Å²) in [5.41, 5.74) is 0.222. The van der Waals surface area contributed by atoms with Crippen molar-refractivity contribution in [2.45, 2.75) is 13.0 Å². The third-order valence-electron chi connectivity index (χ3n) is 3.21. The summed E-state index contributed by atoms with van der Waals surface area (Å²) in [4.78, 5) is 34.8. The fourth-order valence-corrected chi connectivity index (χ4v) is 2.28. The molecule has 1 aromatic rings. The molecule has 1 heterocycles. The van der Waals surface area contributed by atoms with E-state index in [9.17, 15) is 24.8 Å². The molecule has 0 bridgehead atoms. The zero-order valence-corrected chi connectivity index (χ0v) is 10.9. The SMILES string of the molecule is CC(=O)C1=C(O)C(=O)N(C)C1c1cccc([N+](=O)[O-])c1. The lowest BCUT2D eigenvalue weighted by Crippen LogP contribution is -2.26. The number of aliphatic hydroxyl groups excluding tert-OH is 1. The Labute approximate surface area is 114 Å². The number of ketones is 1. The zero-order chi connectivity index (χ0) is 15.0. The van der Waals surface area contributed by atoms with E-state index in [1.54, 1.807) is 6.07 Å².